The minimum absolute atomic E-state index is 0.278. The van der Waals surface area contributed by atoms with Crippen LogP contribution >= 0.6 is 0 Å². The third-order valence-corrected chi connectivity index (χ3v) is 9.51. The predicted molar refractivity (Wildman–Crippen MR) is 148 cm³/mol. The van der Waals surface area contributed by atoms with Crippen molar-refractivity contribution in [3.63, 3.8) is 0 Å². The summed E-state index contributed by atoms with van der Waals surface area (Å²) in [5, 5.41) is 14.5. The van der Waals surface area contributed by atoms with Crippen molar-refractivity contribution in [2.45, 2.75) is 77.3 Å². The van der Waals surface area contributed by atoms with Gasteiger partial charge in [0.25, 0.3) is 5.56 Å². The molecule has 1 aliphatic heterocycles. The number of aromatic nitrogens is 6. The molecule has 4 aromatic rings. The molecule has 0 amide bonds. The van der Waals surface area contributed by atoms with Crippen molar-refractivity contribution in [2.75, 3.05) is 0 Å². The molecule has 2 aromatic carbocycles. The zero-order valence-electron chi connectivity index (χ0n) is 22.1. The molecule has 7 nitrogen and oxygen atoms in total. The predicted octanol–water partition coefficient (Wildman–Crippen LogP) is 5.81. The van der Waals surface area contributed by atoms with Crippen LogP contribution in [0.2, 0.25) is 0 Å². The molecule has 3 fully saturated rings. The van der Waals surface area contributed by atoms with Gasteiger partial charge in [-0.15, -0.1) is 5.10 Å². The fourth-order valence-corrected chi connectivity index (χ4v) is 7.59. The maximum atomic E-state index is 14.0. The van der Waals surface area contributed by atoms with Crippen molar-refractivity contribution in [1.29, 1.82) is 0 Å². The number of nitrogens with one attached hydrogen (secondary N) is 1. The van der Waals surface area contributed by atoms with Crippen LogP contribution in [-0.4, -0.2) is 30.0 Å². The first-order valence-corrected chi connectivity index (χ1v) is 14.5. The van der Waals surface area contributed by atoms with Gasteiger partial charge in [-0.05, 0) is 83.4 Å². The number of H-pyrrole nitrogens is 1. The number of fused-ring (bicyclic) bond motifs is 1. The lowest BCUT2D eigenvalue weighted by atomic mass is 9.57. The third kappa shape index (κ3) is 3.94. The van der Waals surface area contributed by atoms with Crippen LogP contribution < -0.4 is 5.56 Å². The summed E-state index contributed by atoms with van der Waals surface area (Å²) in [5.41, 5.74) is 6.96. The van der Waals surface area contributed by atoms with Gasteiger partial charge in [-0.3, -0.25) is 9.48 Å². The summed E-state index contributed by atoms with van der Waals surface area (Å²) < 4.78 is 4.63. The highest BCUT2D eigenvalue weighted by molar-refractivity contribution is 5.80. The molecule has 2 unspecified atom stereocenters. The second kappa shape index (κ2) is 9.68. The summed E-state index contributed by atoms with van der Waals surface area (Å²) >= 11 is 0. The zero-order chi connectivity index (χ0) is 25.6. The molecule has 2 aromatic heterocycles. The van der Waals surface area contributed by atoms with Gasteiger partial charge in [0.05, 0.1) is 6.04 Å². The fraction of sp³-hybridized carbons (Fsp3) is 0.484. The number of benzene rings is 2. The van der Waals surface area contributed by atoms with Gasteiger partial charge in [0.15, 0.2) is 5.82 Å². The Labute approximate surface area is 223 Å². The summed E-state index contributed by atoms with van der Waals surface area (Å²) in [7, 11) is 0. The zero-order valence-corrected chi connectivity index (χ0v) is 22.1. The van der Waals surface area contributed by atoms with Crippen LogP contribution in [0.1, 0.15) is 74.7 Å². The van der Waals surface area contributed by atoms with E-state index in [2.05, 4.69) is 67.2 Å². The van der Waals surface area contributed by atoms with Gasteiger partial charge in [-0.25, -0.2) is 9.78 Å². The second-order valence-electron chi connectivity index (χ2n) is 11.7. The van der Waals surface area contributed by atoms with Crippen molar-refractivity contribution >= 4 is 0 Å². The van der Waals surface area contributed by atoms with E-state index < -0.39 is 0 Å². The number of hydrogen-bond donors (Lipinski definition) is 1. The Morgan fingerprint density at radius 2 is 1.82 bits per heavy atom. The lowest BCUT2D eigenvalue weighted by Crippen LogP contribution is -2.49. The molecule has 3 aliphatic carbocycles. The first-order chi connectivity index (χ1) is 18.7. The van der Waals surface area contributed by atoms with Crippen LogP contribution in [0.15, 0.2) is 53.3 Å². The maximum Gasteiger partial charge on any atom is 0.270 e. The number of tetrazole rings is 1. The van der Waals surface area contributed by atoms with Gasteiger partial charge in [-0.2, -0.15) is 0 Å². The molecule has 38 heavy (non-hydrogen) atoms. The van der Waals surface area contributed by atoms with E-state index in [4.69, 9.17) is 0 Å². The molecule has 1 N–H and O–H groups in total. The smallest absolute Gasteiger partial charge is 0.270 e. The van der Waals surface area contributed by atoms with Crippen molar-refractivity contribution < 1.29 is 0 Å². The lowest BCUT2D eigenvalue weighted by molar-refractivity contribution is -0.0310. The van der Waals surface area contributed by atoms with Gasteiger partial charge in [0.1, 0.15) is 0 Å². The minimum atomic E-state index is 0.278. The number of nitrogens with zero attached hydrogens (tertiary/aromatic N) is 5. The van der Waals surface area contributed by atoms with Crippen molar-refractivity contribution in [3.8, 4) is 22.5 Å². The molecule has 0 saturated heterocycles. The normalized spacial score (nSPS) is 23.5. The first kappa shape index (κ1) is 23.6. The van der Waals surface area contributed by atoms with E-state index in [9.17, 15) is 4.79 Å². The maximum absolute atomic E-state index is 14.0. The lowest BCUT2D eigenvalue weighted by Gasteiger charge is -2.53. The monoisotopic (exact) mass is 508 g/mol. The van der Waals surface area contributed by atoms with Crippen LogP contribution in [0.25, 0.3) is 22.5 Å². The van der Waals surface area contributed by atoms with E-state index in [0.717, 1.165) is 53.5 Å². The summed E-state index contributed by atoms with van der Waals surface area (Å²) in [6.45, 7) is 3.26. The topological polar surface area (TPSA) is 81.4 Å². The molecule has 4 aliphatic rings. The molecule has 2 atom stereocenters. The molecular weight excluding hydrogens is 472 g/mol. The van der Waals surface area contributed by atoms with E-state index in [1.165, 1.54) is 49.8 Å². The molecule has 8 rings (SSSR count). The van der Waals surface area contributed by atoms with Crippen molar-refractivity contribution in [1.82, 2.24) is 30.0 Å². The highest BCUT2D eigenvalue weighted by Crippen LogP contribution is 2.55. The molecular formula is C31H36N6O. The van der Waals surface area contributed by atoms with Gasteiger partial charge < -0.3 is 0 Å². The number of hydrogen-bond acceptors (Lipinski definition) is 4. The Hall–Kier alpha value is -3.48. The van der Waals surface area contributed by atoms with Gasteiger partial charge in [0.2, 0.25) is 0 Å². The number of unbranched alkanes of at least 4 members (excludes halogenated alkanes) is 2. The van der Waals surface area contributed by atoms with Gasteiger partial charge in [0, 0.05) is 29.8 Å². The molecule has 3 saturated carbocycles. The first-order valence-electron chi connectivity index (χ1n) is 14.5. The molecule has 3 heterocycles. The summed E-state index contributed by atoms with van der Waals surface area (Å²) in [6.07, 6.45) is 10.5. The SMILES string of the molecule is CCCCCc1c(Cc2ccc(-c3ccccc3-c3nnn[nH]3)cc2)c(=O)n2n1CCC1C3CC(C3)CC12. The van der Waals surface area contributed by atoms with Gasteiger partial charge >= 0.3 is 0 Å². The standard InChI is InChI=1S/C31H36N6O/c1-2-3-4-9-28-27(31(38)37-29-19-21-16-23(17-21)25(29)14-15-36(28)37)18-20-10-12-22(13-11-20)24-7-5-6-8-26(24)30-32-34-35-33-30/h5-8,10-13,21,23,25,29H,2-4,9,14-19H2,1H3,(H,32,33,34,35). The van der Waals surface area contributed by atoms with Gasteiger partial charge in [-0.1, -0.05) is 68.3 Å². The minimum Gasteiger partial charge on any atom is -0.286 e. The molecule has 2 bridgehead atoms. The average molecular weight is 509 g/mol. The quantitative estimate of drug-likeness (QED) is 0.305. The highest BCUT2D eigenvalue weighted by atomic mass is 16.1. The highest BCUT2D eigenvalue weighted by Gasteiger charge is 2.49. The summed E-state index contributed by atoms with van der Waals surface area (Å²) in [5.74, 6) is 3.05. The van der Waals surface area contributed by atoms with E-state index >= 15 is 0 Å². The molecule has 0 spiro atoms. The van der Waals surface area contributed by atoms with E-state index in [1.54, 1.807) is 0 Å². The number of aromatic amines is 1. The molecule has 0 radical (unpaired) electrons. The Kier molecular flexibility index (Phi) is 6.02. The Balaban J connectivity index is 1.21. The van der Waals surface area contributed by atoms with E-state index in [0.29, 0.717) is 24.2 Å². The van der Waals surface area contributed by atoms with Crippen LogP contribution in [-0.2, 0) is 19.4 Å². The van der Waals surface area contributed by atoms with Crippen molar-refractivity contribution in [2.24, 2.45) is 17.8 Å². The van der Waals surface area contributed by atoms with E-state index in [-0.39, 0.29) is 5.56 Å². The third-order valence-electron chi connectivity index (χ3n) is 9.51. The largest absolute Gasteiger partial charge is 0.286 e. The van der Waals surface area contributed by atoms with Crippen LogP contribution in [0.4, 0.5) is 0 Å². The van der Waals surface area contributed by atoms with E-state index in [1.807, 2.05) is 18.2 Å². The summed E-state index contributed by atoms with van der Waals surface area (Å²) in [4.78, 5) is 14.0. The summed E-state index contributed by atoms with van der Waals surface area (Å²) in [6, 6.07) is 17.3. The Morgan fingerprint density at radius 1 is 1.00 bits per heavy atom. The number of rotatable bonds is 8. The molecule has 196 valence electrons. The Bertz CT molecular complexity index is 1480. The Morgan fingerprint density at radius 3 is 2.58 bits per heavy atom. The van der Waals surface area contributed by atoms with Crippen LogP contribution in [0.5, 0.6) is 0 Å². The average Bonchev–Trinajstić information content (AvgIpc) is 3.56. The van der Waals surface area contributed by atoms with Crippen LogP contribution in [0.3, 0.4) is 0 Å². The second-order valence-corrected chi connectivity index (χ2v) is 11.7. The fourth-order valence-electron chi connectivity index (χ4n) is 7.59. The van der Waals surface area contributed by atoms with Crippen LogP contribution in [0, 0.1) is 17.8 Å². The van der Waals surface area contributed by atoms with Crippen molar-refractivity contribution in [3.05, 3.63) is 75.7 Å². The molecule has 7 heteroatoms.